The highest BCUT2D eigenvalue weighted by Crippen LogP contribution is 2.26. The van der Waals surface area contributed by atoms with Crippen LogP contribution in [0.2, 0.25) is 0 Å². The molecule has 2 heterocycles. The molecular weight excluding hydrogens is 204 g/mol. The van der Waals surface area contributed by atoms with Gasteiger partial charge in [0.2, 0.25) is 0 Å². The number of nitrogens with two attached hydrogens (primary N) is 1. The maximum absolute atomic E-state index is 5.97. The highest BCUT2D eigenvalue weighted by Gasteiger charge is 2.28. The maximum Gasteiger partial charge on any atom is 0.174 e. The van der Waals surface area contributed by atoms with Crippen molar-refractivity contribution in [2.75, 3.05) is 23.8 Å². The molecule has 0 amide bonds. The fourth-order valence-corrected chi connectivity index (χ4v) is 2.16. The molecule has 2 unspecified atom stereocenters. The second-order valence-corrected chi connectivity index (χ2v) is 4.44. The zero-order valence-electron chi connectivity index (χ0n) is 10.2. The summed E-state index contributed by atoms with van der Waals surface area (Å²) in [6.07, 6.45) is 3.13. The van der Waals surface area contributed by atoms with Gasteiger partial charge in [-0.15, -0.1) is 0 Å². The number of aryl methyl sites for hydroxylation is 1. The molecule has 2 N–H and O–H groups in total. The van der Waals surface area contributed by atoms with E-state index in [1.165, 1.54) is 0 Å². The lowest BCUT2D eigenvalue weighted by molar-refractivity contribution is 0.0296. The van der Waals surface area contributed by atoms with Crippen molar-refractivity contribution < 1.29 is 4.74 Å². The van der Waals surface area contributed by atoms with E-state index >= 15 is 0 Å². The molecule has 1 aliphatic heterocycles. The molecule has 1 aromatic heterocycles. The zero-order valence-corrected chi connectivity index (χ0v) is 10.2. The molecule has 2 rings (SSSR count). The van der Waals surface area contributed by atoms with Gasteiger partial charge in [0.1, 0.15) is 0 Å². The van der Waals surface area contributed by atoms with Crippen LogP contribution in [0.5, 0.6) is 0 Å². The lowest BCUT2D eigenvalue weighted by Gasteiger charge is -2.38. The third-order valence-corrected chi connectivity index (χ3v) is 3.05. The van der Waals surface area contributed by atoms with Crippen LogP contribution in [-0.4, -0.2) is 35.1 Å². The summed E-state index contributed by atoms with van der Waals surface area (Å²) >= 11 is 0. The van der Waals surface area contributed by atoms with Gasteiger partial charge in [-0.3, -0.25) is 4.68 Å². The molecule has 0 aliphatic carbocycles. The molecule has 0 bridgehead atoms. The van der Waals surface area contributed by atoms with Gasteiger partial charge in [-0.1, -0.05) is 6.92 Å². The Labute approximate surface area is 96.2 Å². The quantitative estimate of drug-likeness (QED) is 0.814. The normalized spacial score (nSPS) is 26.1. The largest absolute Gasteiger partial charge is 0.394 e. The Hall–Kier alpha value is -1.23. The summed E-state index contributed by atoms with van der Waals surface area (Å²) in [6.45, 7) is 5.86. The molecule has 0 radical (unpaired) electrons. The van der Waals surface area contributed by atoms with Gasteiger partial charge in [0, 0.05) is 19.8 Å². The van der Waals surface area contributed by atoms with Gasteiger partial charge < -0.3 is 15.4 Å². The minimum Gasteiger partial charge on any atom is -0.394 e. The molecule has 0 saturated carbocycles. The van der Waals surface area contributed by atoms with Gasteiger partial charge in [-0.25, -0.2) is 0 Å². The number of rotatable bonds is 2. The van der Waals surface area contributed by atoms with Crippen LogP contribution in [0.3, 0.4) is 0 Å². The average Bonchev–Trinajstić information content (AvgIpc) is 2.57. The molecule has 1 aromatic rings. The van der Waals surface area contributed by atoms with Crippen molar-refractivity contribution in [3.05, 3.63) is 6.20 Å². The summed E-state index contributed by atoms with van der Waals surface area (Å²) in [6, 6.07) is 0.383. The predicted molar refractivity (Wildman–Crippen MR) is 64.5 cm³/mol. The number of morpholine rings is 1. The van der Waals surface area contributed by atoms with Crippen molar-refractivity contribution in [3.63, 3.8) is 0 Å². The van der Waals surface area contributed by atoms with Crippen LogP contribution in [0.1, 0.15) is 20.3 Å². The van der Waals surface area contributed by atoms with Crippen molar-refractivity contribution in [1.29, 1.82) is 0 Å². The lowest BCUT2D eigenvalue weighted by Crippen LogP contribution is -2.49. The SMILES string of the molecule is CCC1COC(C)CN1c1nn(C)cc1N. The van der Waals surface area contributed by atoms with Crippen LogP contribution < -0.4 is 10.6 Å². The zero-order chi connectivity index (χ0) is 11.7. The van der Waals surface area contributed by atoms with E-state index in [0.29, 0.717) is 6.04 Å². The number of ether oxygens (including phenoxy) is 1. The monoisotopic (exact) mass is 224 g/mol. The summed E-state index contributed by atoms with van der Waals surface area (Å²) in [5.41, 5.74) is 6.71. The molecule has 2 atom stereocenters. The minimum absolute atomic E-state index is 0.240. The van der Waals surface area contributed by atoms with Crippen molar-refractivity contribution in [2.24, 2.45) is 7.05 Å². The van der Waals surface area contributed by atoms with E-state index in [4.69, 9.17) is 10.5 Å². The summed E-state index contributed by atoms with van der Waals surface area (Å²) in [5, 5.41) is 4.43. The highest BCUT2D eigenvalue weighted by molar-refractivity contribution is 5.62. The first-order valence-electron chi connectivity index (χ1n) is 5.79. The van der Waals surface area contributed by atoms with Gasteiger partial charge >= 0.3 is 0 Å². The fraction of sp³-hybridized carbons (Fsp3) is 0.727. The third-order valence-electron chi connectivity index (χ3n) is 3.05. The number of hydrogen-bond donors (Lipinski definition) is 1. The van der Waals surface area contributed by atoms with Gasteiger partial charge in [-0.05, 0) is 13.3 Å². The van der Waals surface area contributed by atoms with Gasteiger partial charge in [0.15, 0.2) is 5.82 Å². The highest BCUT2D eigenvalue weighted by atomic mass is 16.5. The lowest BCUT2D eigenvalue weighted by atomic mass is 10.1. The molecule has 0 spiro atoms. The number of hydrogen-bond acceptors (Lipinski definition) is 4. The first kappa shape index (κ1) is 11.3. The van der Waals surface area contributed by atoms with E-state index in [0.717, 1.165) is 31.1 Å². The van der Waals surface area contributed by atoms with Crippen LogP contribution >= 0.6 is 0 Å². The topological polar surface area (TPSA) is 56.3 Å². The van der Waals surface area contributed by atoms with Crippen LogP contribution in [0.25, 0.3) is 0 Å². The Morgan fingerprint density at radius 2 is 2.38 bits per heavy atom. The Morgan fingerprint density at radius 3 is 2.94 bits per heavy atom. The molecule has 16 heavy (non-hydrogen) atoms. The number of nitrogen functional groups attached to an aromatic ring is 1. The van der Waals surface area contributed by atoms with Gasteiger partial charge in [-0.2, -0.15) is 5.10 Å². The average molecular weight is 224 g/mol. The third kappa shape index (κ3) is 2.00. The molecule has 1 fully saturated rings. The first-order chi connectivity index (χ1) is 7.61. The number of anilines is 2. The molecular formula is C11H20N4O. The Morgan fingerprint density at radius 1 is 1.62 bits per heavy atom. The van der Waals surface area contributed by atoms with E-state index in [1.54, 1.807) is 4.68 Å². The van der Waals surface area contributed by atoms with E-state index in [9.17, 15) is 0 Å². The van der Waals surface area contributed by atoms with Crippen LogP contribution in [-0.2, 0) is 11.8 Å². The van der Waals surface area contributed by atoms with E-state index in [-0.39, 0.29) is 6.10 Å². The molecule has 1 saturated heterocycles. The standard InChI is InChI=1S/C11H20N4O/c1-4-9-7-16-8(2)5-15(9)11-10(12)6-14(3)13-11/h6,8-9H,4-5,7,12H2,1-3H3. The molecule has 1 aliphatic rings. The van der Waals surface area contributed by atoms with E-state index in [1.807, 2.05) is 13.2 Å². The fourth-order valence-electron chi connectivity index (χ4n) is 2.16. The smallest absolute Gasteiger partial charge is 0.174 e. The van der Waals surface area contributed by atoms with Crippen LogP contribution in [0.4, 0.5) is 11.5 Å². The van der Waals surface area contributed by atoms with Crippen molar-refractivity contribution in [1.82, 2.24) is 9.78 Å². The summed E-state index contributed by atoms with van der Waals surface area (Å²) in [4.78, 5) is 2.27. The van der Waals surface area contributed by atoms with Crippen LogP contribution in [0, 0.1) is 0 Å². The van der Waals surface area contributed by atoms with Crippen molar-refractivity contribution in [2.45, 2.75) is 32.4 Å². The number of aromatic nitrogens is 2. The van der Waals surface area contributed by atoms with Gasteiger partial charge in [0.25, 0.3) is 0 Å². The van der Waals surface area contributed by atoms with E-state index < -0.39 is 0 Å². The Balaban J connectivity index is 2.25. The van der Waals surface area contributed by atoms with Crippen molar-refractivity contribution >= 4 is 11.5 Å². The molecule has 5 nitrogen and oxygen atoms in total. The van der Waals surface area contributed by atoms with Crippen LogP contribution in [0.15, 0.2) is 6.20 Å². The van der Waals surface area contributed by atoms with Gasteiger partial charge in [0.05, 0.1) is 24.4 Å². The summed E-state index contributed by atoms with van der Waals surface area (Å²) < 4.78 is 7.42. The Bertz CT molecular complexity index is 363. The summed E-state index contributed by atoms with van der Waals surface area (Å²) in [7, 11) is 1.89. The maximum atomic E-state index is 5.97. The second kappa shape index (κ2) is 4.33. The minimum atomic E-state index is 0.240. The Kier molecular flexibility index (Phi) is 3.05. The molecule has 0 aromatic carbocycles. The second-order valence-electron chi connectivity index (χ2n) is 4.44. The molecule has 5 heteroatoms. The number of nitrogens with zero attached hydrogens (tertiary/aromatic N) is 3. The van der Waals surface area contributed by atoms with Crippen molar-refractivity contribution in [3.8, 4) is 0 Å². The first-order valence-corrected chi connectivity index (χ1v) is 5.79. The van der Waals surface area contributed by atoms with E-state index in [2.05, 4.69) is 23.8 Å². The predicted octanol–water partition coefficient (Wildman–Crippen LogP) is 1.01. The molecule has 90 valence electrons. The summed E-state index contributed by atoms with van der Waals surface area (Å²) in [5.74, 6) is 0.893.